The fraction of sp³-hybridized carbons (Fsp3) is 0.278. The highest BCUT2D eigenvalue weighted by Crippen LogP contribution is 2.35. The molecule has 0 radical (unpaired) electrons. The molecule has 2 heterocycles. The van der Waals surface area contributed by atoms with Gasteiger partial charge < -0.3 is 9.47 Å². The van der Waals surface area contributed by atoms with E-state index in [1.54, 1.807) is 11.8 Å². The first-order valence-electron chi connectivity index (χ1n) is 7.96. The number of rotatable bonds is 4. The molecule has 122 valence electrons. The lowest BCUT2D eigenvalue weighted by atomic mass is 9.94. The van der Waals surface area contributed by atoms with Gasteiger partial charge in [0.1, 0.15) is 18.1 Å². The number of benzene rings is 1. The van der Waals surface area contributed by atoms with E-state index >= 15 is 0 Å². The summed E-state index contributed by atoms with van der Waals surface area (Å²) in [6, 6.07) is 10.2. The Hall–Kier alpha value is -2.89. The lowest BCUT2D eigenvalue weighted by molar-refractivity contribution is 0.197. The van der Waals surface area contributed by atoms with E-state index in [0.717, 1.165) is 35.5 Å². The van der Waals surface area contributed by atoms with Crippen LogP contribution in [0.15, 0.2) is 59.1 Å². The second-order valence-electron chi connectivity index (χ2n) is 5.77. The minimum absolute atomic E-state index is 0.533. The predicted octanol–water partition coefficient (Wildman–Crippen LogP) is 2.87. The van der Waals surface area contributed by atoms with Crippen LogP contribution in [0.1, 0.15) is 24.2 Å². The minimum atomic E-state index is 0.533. The first-order chi connectivity index (χ1) is 11.8. The van der Waals surface area contributed by atoms with Crippen molar-refractivity contribution in [2.75, 3.05) is 7.11 Å². The molecule has 1 aromatic carbocycles. The summed E-state index contributed by atoms with van der Waals surface area (Å²) in [6.45, 7) is 1.19. The Labute approximate surface area is 140 Å². The fourth-order valence-corrected chi connectivity index (χ4v) is 3.06. The van der Waals surface area contributed by atoms with E-state index in [2.05, 4.69) is 33.7 Å². The van der Waals surface area contributed by atoms with Gasteiger partial charge in [0.25, 0.3) is 0 Å². The number of aromatic nitrogens is 4. The molecule has 4 rings (SSSR count). The van der Waals surface area contributed by atoms with Gasteiger partial charge in [-0.1, -0.05) is 30.3 Å². The number of methoxy groups -OCH3 is 1. The van der Waals surface area contributed by atoms with Crippen molar-refractivity contribution in [2.45, 2.75) is 26.0 Å². The Morgan fingerprint density at radius 1 is 1.17 bits per heavy atom. The number of ether oxygens (including phenoxy) is 2. The number of fused-ring (bicyclic) bond motifs is 1. The molecule has 0 N–H and O–H groups in total. The molecule has 0 spiro atoms. The zero-order valence-electron chi connectivity index (χ0n) is 13.5. The Bertz CT molecular complexity index is 834. The molecule has 2 aliphatic rings. The second kappa shape index (κ2) is 6.31. The maximum absolute atomic E-state index is 6.12. The van der Waals surface area contributed by atoms with Crippen LogP contribution in [0.25, 0.3) is 6.08 Å². The minimum Gasteiger partial charge on any atom is -0.496 e. The molecular weight excluding hydrogens is 304 g/mol. The van der Waals surface area contributed by atoms with Gasteiger partial charge in [-0.15, -0.1) is 5.10 Å². The third-order valence-corrected chi connectivity index (χ3v) is 4.24. The Kier molecular flexibility index (Phi) is 3.86. The molecule has 6 nitrogen and oxygen atoms in total. The highest BCUT2D eigenvalue weighted by Gasteiger charge is 2.26. The molecular formula is C18H18N4O2. The van der Waals surface area contributed by atoms with Crippen LogP contribution in [0, 0.1) is 0 Å². The van der Waals surface area contributed by atoms with Crippen molar-refractivity contribution in [1.82, 2.24) is 20.2 Å². The van der Waals surface area contributed by atoms with Crippen molar-refractivity contribution >= 4 is 6.08 Å². The van der Waals surface area contributed by atoms with Crippen LogP contribution in [0.2, 0.25) is 0 Å². The van der Waals surface area contributed by atoms with E-state index in [9.17, 15) is 0 Å². The number of tetrazole rings is 1. The Morgan fingerprint density at radius 3 is 2.88 bits per heavy atom. The number of hydrogen-bond donors (Lipinski definition) is 0. The first kappa shape index (κ1) is 14.7. The van der Waals surface area contributed by atoms with Crippen molar-refractivity contribution in [3.05, 3.63) is 70.5 Å². The molecule has 6 heteroatoms. The van der Waals surface area contributed by atoms with Crippen LogP contribution in [-0.4, -0.2) is 27.3 Å². The number of nitrogens with zero attached hydrogens (tertiary/aromatic N) is 4. The largest absolute Gasteiger partial charge is 0.496 e. The van der Waals surface area contributed by atoms with Gasteiger partial charge in [0.05, 0.1) is 19.2 Å². The molecule has 0 saturated heterocycles. The molecule has 0 atom stereocenters. The van der Waals surface area contributed by atoms with Crippen molar-refractivity contribution < 1.29 is 9.47 Å². The summed E-state index contributed by atoms with van der Waals surface area (Å²) >= 11 is 0. The second-order valence-corrected chi connectivity index (χ2v) is 5.77. The molecule has 0 unspecified atom stereocenters. The van der Waals surface area contributed by atoms with Crippen molar-refractivity contribution in [1.29, 1.82) is 0 Å². The summed E-state index contributed by atoms with van der Waals surface area (Å²) in [5.74, 6) is 2.31. The summed E-state index contributed by atoms with van der Waals surface area (Å²) in [5.41, 5.74) is 3.40. The zero-order valence-corrected chi connectivity index (χ0v) is 13.5. The first-order valence-corrected chi connectivity index (χ1v) is 7.96. The average Bonchev–Trinajstić information content (AvgIpc) is 2.99. The Balaban J connectivity index is 1.64. The summed E-state index contributed by atoms with van der Waals surface area (Å²) < 4.78 is 13.5. The fourth-order valence-electron chi connectivity index (χ4n) is 3.06. The molecule has 0 saturated carbocycles. The van der Waals surface area contributed by atoms with Gasteiger partial charge in [0.2, 0.25) is 0 Å². The molecule has 24 heavy (non-hydrogen) atoms. The van der Waals surface area contributed by atoms with Gasteiger partial charge >= 0.3 is 0 Å². The molecule has 1 aromatic heterocycles. The molecule has 2 aromatic rings. The van der Waals surface area contributed by atoms with E-state index in [0.29, 0.717) is 19.0 Å². The Morgan fingerprint density at radius 2 is 2.04 bits per heavy atom. The monoisotopic (exact) mass is 322 g/mol. The normalized spacial score (nSPS) is 16.5. The maximum atomic E-state index is 6.12. The van der Waals surface area contributed by atoms with Gasteiger partial charge in [-0.25, -0.2) is 4.68 Å². The highest BCUT2D eigenvalue weighted by molar-refractivity contribution is 5.59. The quantitative estimate of drug-likeness (QED) is 0.866. The SMILES string of the molecule is COC1=Cc2nnnn2CC2=C1C(OCc1ccccc1)=CCC2. The lowest BCUT2D eigenvalue weighted by Crippen LogP contribution is -2.11. The standard InChI is InChI=1S/C18H18N4O2/c1-23-16-10-17-19-20-21-22(17)11-14-8-5-9-15(18(14)16)24-12-13-6-3-2-4-7-13/h2-4,6-7,9-10H,5,8,11-12H2,1H3. The van der Waals surface area contributed by atoms with Crippen molar-refractivity contribution in [3.63, 3.8) is 0 Å². The van der Waals surface area contributed by atoms with Gasteiger partial charge in [0, 0.05) is 6.08 Å². The van der Waals surface area contributed by atoms with E-state index < -0.39 is 0 Å². The van der Waals surface area contributed by atoms with Crippen LogP contribution in [-0.2, 0) is 22.6 Å². The zero-order chi connectivity index (χ0) is 16.4. The van der Waals surface area contributed by atoms with Crippen LogP contribution in [0.4, 0.5) is 0 Å². The summed E-state index contributed by atoms with van der Waals surface area (Å²) in [7, 11) is 1.67. The number of allylic oxidation sites excluding steroid dienone is 2. The summed E-state index contributed by atoms with van der Waals surface area (Å²) in [4.78, 5) is 0. The highest BCUT2D eigenvalue weighted by atomic mass is 16.5. The third-order valence-electron chi connectivity index (χ3n) is 4.24. The lowest BCUT2D eigenvalue weighted by Gasteiger charge is -2.22. The topological polar surface area (TPSA) is 62.1 Å². The summed E-state index contributed by atoms with van der Waals surface area (Å²) in [5, 5.41) is 11.8. The third kappa shape index (κ3) is 2.71. The smallest absolute Gasteiger partial charge is 0.178 e. The van der Waals surface area contributed by atoms with Crippen molar-refractivity contribution in [2.24, 2.45) is 0 Å². The van der Waals surface area contributed by atoms with Gasteiger partial charge in [-0.05, 0) is 40.5 Å². The predicted molar refractivity (Wildman–Crippen MR) is 88.4 cm³/mol. The van der Waals surface area contributed by atoms with E-state index in [1.165, 1.54) is 5.57 Å². The molecule has 1 aliphatic heterocycles. The maximum Gasteiger partial charge on any atom is 0.178 e. The number of hydrogen-bond acceptors (Lipinski definition) is 5. The van der Waals surface area contributed by atoms with E-state index in [1.807, 2.05) is 24.3 Å². The van der Waals surface area contributed by atoms with Crippen LogP contribution < -0.4 is 0 Å². The van der Waals surface area contributed by atoms with Gasteiger partial charge in [-0.2, -0.15) is 0 Å². The van der Waals surface area contributed by atoms with Crippen molar-refractivity contribution in [3.8, 4) is 0 Å². The van der Waals surface area contributed by atoms with E-state index in [4.69, 9.17) is 9.47 Å². The molecule has 0 fully saturated rings. The van der Waals surface area contributed by atoms with Gasteiger partial charge in [-0.3, -0.25) is 0 Å². The summed E-state index contributed by atoms with van der Waals surface area (Å²) in [6.07, 6.45) is 5.90. The average molecular weight is 322 g/mol. The van der Waals surface area contributed by atoms with E-state index in [-0.39, 0.29) is 0 Å². The molecule has 1 aliphatic carbocycles. The van der Waals surface area contributed by atoms with Gasteiger partial charge in [0.15, 0.2) is 5.82 Å². The van der Waals surface area contributed by atoms with Crippen LogP contribution >= 0.6 is 0 Å². The molecule has 0 amide bonds. The van der Waals surface area contributed by atoms with Crippen LogP contribution in [0.3, 0.4) is 0 Å². The molecule has 0 bridgehead atoms. The van der Waals surface area contributed by atoms with Crippen LogP contribution in [0.5, 0.6) is 0 Å².